The first-order chi connectivity index (χ1) is 17.2. The van der Waals surface area contributed by atoms with Crippen molar-refractivity contribution in [2.75, 3.05) is 19.4 Å². The van der Waals surface area contributed by atoms with Crippen LogP contribution in [-0.4, -0.2) is 73.6 Å². The number of nitrogens with one attached hydrogen (secondary N) is 1. The van der Waals surface area contributed by atoms with Crippen molar-refractivity contribution in [2.24, 2.45) is 11.3 Å². The molecule has 0 spiro atoms. The van der Waals surface area contributed by atoms with Crippen LogP contribution in [0.2, 0.25) is 0 Å². The Morgan fingerprint density at radius 2 is 2.03 bits per heavy atom. The predicted molar refractivity (Wildman–Crippen MR) is 128 cm³/mol. The van der Waals surface area contributed by atoms with Crippen molar-refractivity contribution < 1.29 is 29.3 Å². The number of amides is 1. The molecular formula is C24H32N6O6. The van der Waals surface area contributed by atoms with E-state index in [1.165, 1.54) is 18.0 Å². The molecule has 2 unspecified atom stereocenters. The predicted octanol–water partition coefficient (Wildman–Crippen LogP) is 0.275. The van der Waals surface area contributed by atoms with Crippen LogP contribution in [0.3, 0.4) is 0 Å². The van der Waals surface area contributed by atoms with Crippen molar-refractivity contribution in [1.82, 2.24) is 24.8 Å². The molecular weight excluding hydrogens is 468 g/mol. The van der Waals surface area contributed by atoms with Gasteiger partial charge in [0, 0.05) is 13.0 Å². The molecule has 1 saturated carbocycles. The van der Waals surface area contributed by atoms with Gasteiger partial charge in [0.2, 0.25) is 5.82 Å². The molecule has 12 heteroatoms. The molecule has 5 N–H and O–H groups in total. The van der Waals surface area contributed by atoms with E-state index in [-0.39, 0.29) is 23.3 Å². The summed E-state index contributed by atoms with van der Waals surface area (Å²) in [6.45, 7) is 4.04. The molecule has 0 aromatic carbocycles. The van der Waals surface area contributed by atoms with Gasteiger partial charge in [0.25, 0.3) is 5.91 Å². The fourth-order valence-electron chi connectivity index (χ4n) is 4.81. The summed E-state index contributed by atoms with van der Waals surface area (Å²) in [4.78, 5) is 37.1. The molecule has 1 saturated heterocycles. The lowest BCUT2D eigenvalue weighted by atomic mass is 9.71. The van der Waals surface area contributed by atoms with Gasteiger partial charge in [-0.05, 0) is 51.4 Å². The molecule has 2 aromatic heterocycles. The fourth-order valence-corrected chi connectivity index (χ4v) is 4.81. The maximum atomic E-state index is 12.2. The van der Waals surface area contributed by atoms with Crippen LogP contribution in [-0.2, 0) is 19.1 Å². The van der Waals surface area contributed by atoms with Crippen LogP contribution in [0.1, 0.15) is 58.0 Å². The van der Waals surface area contributed by atoms with Crippen LogP contribution >= 0.6 is 0 Å². The highest BCUT2D eigenvalue weighted by Gasteiger charge is 2.47. The number of carbonyl (C=O) groups excluding carboxylic acids is 2. The van der Waals surface area contributed by atoms with Crippen molar-refractivity contribution in [2.45, 2.75) is 70.5 Å². The molecule has 2 fully saturated rings. The van der Waals surface area contributed by atoms with Gasteiger partial charge in [0.1, 0.15) is 17.7 Å². The number of hydrogen-bond acceptors (Lipinski definition) is 10. The molecule has 0 radical (unpaired) electrons. The molecule has 3 heterocycles. The molecule has 4 atom stereocenters. The topological polar surface area (TPSA) is 175 Å². The molecule has 4 rings (SSSR count). The lowest BCUT2D eigenvalue weighted by Crippen LogP contribution is -2.42. The Bertz CT molecular complexity index is 1190. The SMILES string of the molecule is CCNC(=O)[C@H]1O[C@@H](n2cnc3c(N)nc(C#CCC4CCC(C)(C(=O)OC)CC4)nc32)C(O)C1O. The highest BCUT2D eigenvalue weighted by atomic mass is 16.6. The van der Waals surface area contributed by atoms with Crippen LogP contribution in [0, 0.1) is 23.2 Å². The van der Waals surface area contributed by atoms with E-state index in [0.717, 1.165) is 25.7 Å². The summed E-state index contributed by atoms with van der Waals surface area (Å²) in [5, 5.41) is 23.5. The number of imidazole rings is 1. The minimum atomic E-state index is -1.42. The average Bonchev–Trinajstić information content (AvgIpc) is 3.41. The Morgan fingerprint density at radius 3 is 2.69 bits per heavy atom. The number of methoxy groups -OCH3 is 1. The Kier molecular flexibility index (Phi) is 7.44. The van der Waals surface area contributed by atoms with E-state index in [1.807, 2.05) is 6.92 Å². The van der Waals surface area contributed by atoms with E-state index >= 15 is 0 Å². The van der Waals surface area contributed by atoms with Gasteiger partial charge < -0.3 is 30.7 Å². The fraction of sp³-hybridized carbons (Fsp3) is 0.625. The van der Waals surface area contributed by atoms with Crippen molar-refractivity contribution in [1.29, 1.82) is 0 Å². The van der Waals surface area contributed by atoms with Gasteiger partial charge >= 0.3 is 5.97 Å². The lowest BCUT2D eigenvalue weighted by molar-refractivity contribution is -0.154. The lowest BCUT2D eigenvalue weighted by Gasteiger charge is -2.34. The quantitative estimate of drug-likeness (QED) is 0.329. The van der Waals surface area contributed by atoms with Gasteiger partial charge in [-0.2, -0.15) is 0 Å². The molecule has 12 nitrogen and oxygen atoms in total. The molecule has 2 aliphatic rings. The van der Waals surface area contributed by atoms with Gasteiger partial charge in [-0.1, -0.05) is 5.92 Å². The minimum Gasteiger partial charge on any atom is -0.469 e. The molecule has 194 valence electrons. The van der Waals surface area contributed by atoms with Crippen LogP contribution < -0.4 is 11.1 Å². The summed E-state index contributed by atoms with van der Waals surface area (Å²) in [6.07, 6.45) is 0.118. The largest absolute Gasteiger partial charge is 0.469 e. The summed E-state index contributed by atoms with van der Waals surface area (Å²) in [5.74, 6) is 6.04. The summed E-state index contributed by atoms with van der Waals surface area (Å²) >= 11 is 0. The zero-order valence-electron chi connectivity index (χ0n) is 20.6. The van der Waals surface area contributed by atoms with Crippen molar-refractivity contribution >= 4 is 28.9 Å². The van der Waals surface area contributed by atoms with E-state index in [4.69, 9.17) is 15.2 Å². The Hall–Kier alpha value is -3.27. The van der Waals surface area contributed by atoms with Gasteiger partial charge in [-0.25, -0.2) is 15.0 Å². The molecule has 2 aromatic rings. The third-order valence-corrected chi connectivity index (χ3v) is 7.05. The number of rotatable bonds is 5. The summed E-state index contributed by atoms with van der Waals surface area (Å²) in [5.41, 5.74) is 6.21. The highest BCUT2D eigenvalue weighted by Crippen LogP contribution is 2.40. The number of ether oxygens (including phenoxy) is 2. The van der Waals surface area contributed by atoms with Gasteiger partial charge in [0.15, 0.2) is 23.8 Å². The first-order valence-electron chi connectivity index (χ1n) is 12.0. The molecule has 0 bridgehead atoms. The second-order valence-corrected chi connectivity index (χ2v) is 9.58. The number of likely N-dealkylation sites (N-methyl/N-ethyl adjacent to an activating group) is 1. The highest BCUT2D eigenvalue weighted by molar-refractivity contribution is 5.83. The second-order valence-electron chi connectivity index (χ2n) is 9.58. The molecule has 36 heavy (non-hydrogen) atoms. The van der Waals surface area contributed by atoms with E-state index < -0.39 is 35.9 Å². The van der Waals surface area contributed by atoms with E-state index in [0.29, 0.717) is 24.4 Å². The van der Waals surface area contributed by atoms with Crippen molar-refractivity contribution in [3.63, 3.8) is 0 Å². The normalized spacial score (nSPS) is 30.0. The third-order valence-electron chi connectivity index (χ3n) is 7.05. The number of esters is 1. The number of nitrogen functional groups attached to an aromatic ring is 1. The van der Waals surface area contributed by atoms with Gasteiger partial charge in [0.05, 0.1) is 18.9 Å². The standard InChI is InChI=1S/C24H32N6O6/c1-4-26-21(33)18-16(31)17(32)22(36-18)30-12-27-15-19(25)28-14(29-20(15)30)7-5-6-13-8-10-24(2,11-9-13)23(34)35-3/h12-13,16-18,22,31-32H,4,6,8-11H2,1-3H3,(H,26,33)(H2,25,28,29)/t13?,16?,17?,18-,22+,24?/m0/s1. The maximum Gasteiger partial charge on any atom is 0.311 e. The number of nitrogens with two attached hydrogens (primary N) is 1. The van der Waals surface area contributed by atoms with E-state index in [1.54, 1.807) is 6.92 Å². The smallest absolute Gasteiger partial charge is 0.311 e. The number of fused-ring (bicyclic) bond motifs is 1. The van der Waals surface area contributed by atoms with Crippen LogP contribution in [0.5, 0.6) is 0 Å². The number of hydrogen-bond donors (Lipinski definition) is 4. The number of aliphatic hydroxyl groups is 2. The second kappa shape index (κ2) is 10.4. The van der Waals surface area contributed by atoms with Crippen LogP contribution in [0.15, 0.2) is 6.33 Å². The maximum absolute atomic E-state index is 12.2. The Labute approximate surface area is 208 Å². The van der Waals surface area contributed by atoms with Gasteiger partial charge in [-0.15, -0.1) is 0 Å². The number of aromatic nitrogens is 4. The van der Waals surface area contributed by atoms with Crippen molar-refractivity contribution in [3.05, 3.63) is 12.2 Å². The third kappa shape index (κ3) is 4.86. The van der Waals surface area contributed by atoms with Gasteiger partial charge in [-0.3, -0.25) is 14.2 Å². The first kappa shape index (κ1) is 25.8. The zero-order chi connectivity index (χ0) is 26.0. The number of aliphatic hydroxyl groups excluding tert-OH is 2. The zero-order valence-corrected chi connectivity index (χ0v) is 20.6. The summed E-state index contributed by atoms with van der Waals surface area (Å²) < 4.78 is 12.0. The molecule has 1 aliphatic carbocycles. The number of anilines is 1. The van der Waals surface area contributed by atoms with E-state index in [2.05, 4.69) is 32.1 Å². The van der Waals surface area contributed by atoms with Crippen molar-refractivity contribution in [3.8, 4) is 11.8 Å². The minimum absolute atomic E-state index is 0.114. The monoisotopic (exact) mass is 500 g/mol. The van der Waals surface area contributed by atoms with E-state index in [9.17, 15) is 19.8 Å². The molecule has 1 aliphatic heterocycles. The first-order valence-corrected chi connectivity index (χ1v) is 12.0. The average molecular weight is 501 g/mol. The Morgan fingerprint density at radius 1 is 1.31 bits per heavy atom. The summed E-state index contributed by atoms with van der Waals surface area (Å²) in [6, 6.07) is 0. The number of nitrogens with zero attached hydrogens (tertiary/aromatic N) is 4. The Balaban J connectivity index is 1.49. The number of carbonyl (C=O) groups is 2. The molecule has 1 amide bonds. The summed E-state index contributed by atoms with van der Waals surface area (Å²) in [7, 11) is 1.42. The van der Waals surface area contributed by atoms with Crippen LogP contribution in [0.25, 0.3) is 11.2 Å². The van der Waals surface area contributed by atoms with Crippen LogP contribution in [0.4, 0.5) is 5.82 Å².